The summed E-state index contributed by atoms with van der Waals surface area (Å²) in [5.74, 6) is -1.16. The number of hydrogen-bond donors (Lipinski definition) is 1. The first kappa shape index (κ1) is 14.0. The third-order valence-electron chi connectivity index (χ3n) is 2.49. The van der Waals surface area contributed by atoms with Gasteiger partial charge in [-0.05, 0) is 12.1 Å². The molecule has 0 aliphatic carbocycles. The van der Waals surface area contributed by atoms with E-state index < -0.39 is 34.8 Å². The Kier molecular flexibility index (Phi) is 3.43. The second kappa shape index (κ2) is 4.91. The molecule has 0 saturated carbocycles. The van der Waals surface area contributed by atoms with Crippen LogP contribution in [0.4, 0.5) is 28.9 Å². The second-order valence-electron chi connectivity index (χ2n) is 3.88. The normalized spacial score (nSPS) is 11.6. The van der Waals surface area contributed by atoms with Crippen LogP contribution in [0.3, 0.4) is 0 Å². The van der Waals surface area contributed by atoms with Crippen LogP contribution in [0.5, 0.6) is 0 Å². The van der Waals surface area contributed by atoms with Gasteiger partial charge in [0, 0.05) is 6.20 Å². The average molecular weight is 289 g/mol. The van der Waals surface area contributed by atoms with Crippen molar-refractivity contribution in [3.05, 3.63) is 40.3 Å². The molecule has 5 nitrogen and oxygen atoms in total. The number of pyridine rings is 1. The van der Waals surface area contributed by atoms with Gasteiger partial charge in [-0.3, -0.25) is 15.1 Å². The van der Waals surface area contributed by atoms with Crippen molar-refractivity contribution in [1.82, 2.24) is 4.98 Å². The van der Waals surface area contributed by atoms with Crippen molar-refractivity contribution in [2.75, 3.05) is 11.9 Å². The van der Waals surface area contributed by atoms with Crippen LogP contribution in [-0.4, -0.2) is 22.6 Å². The Morgan fingerprint density at radius 3 is 2.70 bits per heavy atom. The fourth-order valence-corrected chi connectivity index (χ4v) is 1.70. The first-order chi connectivity index (χ1) is 9.29. The summed E-state index contributed by atoms with van der Waals surface area (Å²) in [6, 6.07) is 3.24. The Hall–Kier alpha value is -2.45. The van der Waals surface area contributed by atoms with Gasteiger partial charge in [-0.25, -0.2) is 4.39 Å². The lowest BCUT2D eigenvalue weighted by atomic mass is 10.1. The fourth-order valence-electron chi connectivity index (χ4n) is 1.70. The first-order valence-electron chi connectivity index (χ1n) is 5.32. The number of anilines is 1. The van der Waals surface area contributed by atoms with Crippen LogP contribution in [0.2, 0.25) is 0 Å². The van der Waals surface area contributed by atoms with Crippen molar-refractivity contribution in [3.63, 3.8) is 0 Å². The maximum absolute atomic E-state index is 13.7. The highest BCUT2D eigenvalue weighted by Gasteiger charge is 2.28. The van der Waals surface area contributed by atoms with Crippen LogP contribution < -0.4 is 5.32 Å². The minimum absolute atomic E-state index is 0.0384. The van der Waals surface area contributed by atoms with Crippen molar-refractivity contribution in [1.29, 1.82) is 0 Å². The van der Waals surface area contributed by atoms with E-state index in [4.69, 9.17) is 0 Å². The van der Waals surface area contributed by atoms with Crippen LogP contribution in [0.15, 0.2) is 24.4 Å². The molecule has 0 aliphatic heterocycles. The number of non-ortho nitro benzene ring substituents is 1. The van der Waals surface area contributed by atoms with E-state index in [1.165, 1.54) is 18.3 Å². The lowest BCUT2D eigenvalue weighted by Crippen LogP contribution is -2.22. The number of benzene rings is 1. The highest BCUT2D eigenvalue weighted by atomic mass is 19.4. The minimum atomic E-state index is -4.55. The van der Waals surface area contributed by atoms with Gasteiger partial charge in [-0.2, -0.15) is 13.2 Å². The number of nitrogens with one attached hydrogen (secondary N) is 1. The Bertz CT molecular complexity index is 673. The van der Waals surface area contributed by atoms with Gasteiger partial charge < -0.3 is 5.32 Å². The molecular weight excluding hydrogens is 282 g/mol. The van der Waals surface area contributed by atoms with Crippen LogP contribution in [0.1, 0.15) is 0 Å². The monoisotopic (exact) mass is 289 g/mol. The molecule has 1 heterocycles. The van der Waals surface area contributed by atoms with Gasteiger partial charge in [0.25, 0.3) is 5.69 Å². The van der Waals surface area contributed by atoms with Crippen molar-refractivity contribution < 1.29 is 22.5 Å². The average Bonchev–Trinajstić information content (AvgIpc) is 2.35. The third kappa shape index (κ3) is 2.76. The number of nitro groups is 1. The predicted molar refractivity (Wildman–Crippen MR) is 62.9 cm³/mol. The molecule has 0 aliphatic rings. The summed E-state index contributed by atoms with van der Waals surface area (Å²) in [6.45, 7) is -1.46. The van der Waals surface area contributed by atoms with Crippen molar-refractivity contribution in [2.24, 2.45) is 0 Å². The number of alkyl halides is 3. The summed E-state index contributed by atoms with van der Waals surface area (Å²) in [6.07, 6.45) is -3.33. The molecule has 2 aromatic rings. The lowest BCUT2D eigenvalue weighted by molar-refractivity contribution is -0.383. The molecule has 0 fully saturated rings. The van der Waals surface area contributed by atoms with Crippen LogP contribution >= 0.6 is 0 Å². The lowest BCUT2D eigenvalue weighted by Gasteiger charge is -2.12. The summed E-state index contributed by atoms with van der Waals surface area (Å²) >= 11 is 0. The predicted octanol–water partition coefficient (Wildman–Crippen LogP) is 3.26. The number of hydrogen-bond acceptors (Lipinski definition) is 4. The number of nitrogens with zero attached hydrogens (tertiary/aromatic N) is 2. The van der Waals surface area contributed by atoms with Crippen molar-refractivity contribution in [3.8, 4) is 0 Å². The topological polar surface area (TPSA) is 68.1 Å². The highest BCUT2D eigenvalue weighted by Crippen LogP contribution is 2.33. The standard InChI is InChI=1S/C11H7F4N3O2/c12-7-4-8(18(19)20)6-2-1-3-16-9(6)10(7)17-5-11(13,14)15/h1-4,17H,5H2. The molecule has 20 heavy (non-hydrogen) atoms. The first-order valence-corrected chi connectivity index (χ1v) is 5.32. The Balaban J connectivity index is 2.58. The molecular formula is C11H7F4N3O2. The quantitative estimate of drug-likeness (QED) is 0.535. The number of halogens is 4. The minimum Gasteiger partial charge on any atom is -0.372 e. The van der Waals surface area contributed by atoms with Gasteiger partial charge in [0.15, 0.2) is 5.82 Å². The van der Waals surface area contributed by atoms with Gasteiger partial charge >= 0.3 is 6.18 Å². The number of aromatic nitrogens is 1. The van der Waals surface area contributed by atoms with Gasteiger partial charge in [0.1, 0.15) is 12.1 Å². The molecule has 1 aromatic carbocycles. The van der Waals surface area contributed by atoms with E-state index in [0.717, 1.165) is 0 Å². The summed E-state index contributed by atoms with van der Waals surface area (Å²) < 4.78 is 50.2. The molecule has 0 saturated heterocycles. The zero-order chi connectivity index (χ0) is 14.9. The molecule has 0 spiro atoms. The van der Waals surface area contributed by atoms with E-state index in [2.05, 4.69) is 4.98 Å². The molecule has 0 radical (unpaired) electrons. The van der Waals surface area contributed by atoms with E-state index in [1.54, 1.807) is 0 Å². The van der Waals surface area contributed by atoms with E-state index in [1.807, 2.05) is 5.32 Å². The summed E-state index contributed by atoms with van der Waals surface area (Å²) in [5.41, 5.74) is -1.28. The number of nitro benzene ring substituents is 1. The summed E-state index contributed by atoms with van der Waals surface area (Å²) in [5, 5.41) is 12.6. The zero-order valence-electron chi connectivity index (χ0n) is 9.74. The van der Waals surface area contributed by atoms with E-state index >= 15 is 0 Å². The van der Waals surface area contributed by atoms with Gasteiger partial charge in [-0.15, -0.1) is 0 Å². The molecule has 2 rings (SSSR count). The van der Waals surface area contributed by atoms with Crippen LogP contribution in [0, 0.1) is 15.9 Å². The number of fused-ring (bicyclic) bond motifs is 1. The zero-order valence-corrected chi connectivity index (χ0v) is 9.74. The molecule has 0 atom stereocenters. The molecule has 0 bridgehead atoms. The third-order valence-corrected chi connectivity index (χ3v) is 2.49. The van der Waals surface area contributed by atoms with Crippen LogP contribution in [-0.2, 0) is 0 Å². The molecule has 0 unspecified atom stereocenters. The summed E-state index contributed by atoms with van der Waals surface area (Å²) in [4.78, 5) is 13.7. The Morgan fingerprint density at radius 2 is 2.10 bits per heavy atom. The van der Waals surface area contributed by atoms with Gasteiger partial charge in [-0.1, -0.05) is 0 Å². The maximum atomic E-state index is 13.7. The number of rotatable bonds is 3. The molecule has 1 aromatic heterocycles. The van der Waals surface area contributed by atoms with Gasteiger partial charge in [0.05, 0.1) is 22.1 Å². The van der Waals surface area contributed by atoms with Crippen molar-refractivity contribution in [2.45, 2.75) is 6.18 Å². The highest BCUT2D eigenvalue weighted by molar-refractivity contribution is 5.97. The Labute approximate surface area is 109 Å². The molecule has 0 amide bonds. The molecule has 106 valence electrons. The van der Waals surface area contributed by atoms with Crippen molar-refractivity contribution >= 4 is 22.3 Å². The summed E-state index contributed by atoms with van der Waals surface area (Å²) in [7, 11) is 0. The SMILES string of the molecule is O=[N+]([O-])c1cc(F)c(NCC(F)(F)F)c2ncccc12. The van der Waals surface area contributed by atoms with Crippen LogP contribution in [0.25, 0.3) is 10.9 Å². The van der Waals surface area contributed by atoms with E-state index in [9.17, 15) is 27.7 Å². The molecule has 9 heteroatoms. The van der Waals surface area contributed by atoms with E-state index in [-0.39, 0.29) is 10.9 Å². The maximum Gasteiger partial charge on any atom is 0.405 e. The smallest absolute Gasteiger partial charge is 0.372 e. The molecule has 1 N–H and O–H groups in total. The van der Waals surface area contributed by atoms with E-state index in [0.29, 0.717) is 6.07 Å². The second-order valence-corrected chi connectivity index (χ2v) is 3.88. The Morgan fingerprint density at radius 1 is 1.40 bits per heavy atom. The fraction of sp³-hybridized carbons (Fsp3) is 0.182. The largest absolute Gasteiger partial charge is 0.405 e. The van der Waals surface area contributed by atoms with Gasteiger partial charge in [0.2, 0.25) is 0 Å².